The molecule has 0 aromatic rings. The standard InChI is InChI=1S/C9H16NO4P/c1-7(4-5-10)12-6-15(11)13-8(2)9(3)14-15/h7-9H,4,6H2,1-3H3. The molecule has 0 aromatic heterocycles. The van der Waals surface area contributed by atoms with Gasteiger partial charge in [-0.25, -0.2) is 0 Å². The van der Waals surface area contributed by atoms with Crippen LogP contribution in [0.3, 0.4) is 0 Å². The van der Waals surface area contributed by atoms with Crippen LogP contribution in [-0.2, 0) is 18.3 Å². The minimum atomic E-state index is -3.09. The molecule has 3 unspecified atom stereocenters. The average Bonchev–Trinajstić information content (AvgIpc) is 2.39. The Morgan fingerprint density at radius 2 is 2.00 bits per heavy atom. The summed E-state index contributed by atoms with van der Waals surface area (Å²) in [7, 11) is -3.09. The van der Waals surface area contributed by atoms with Crippen molar-refractivity contribution < 1.29 is 18.3 Å². The molecule has 0 radical (unpaired) electrons. The van der Waals surface area contributed by atoms with Gasteiger partial charge in [0, 0.05) is 0 Å². The summed E-state index contributed by atoms with van der Waals surface area (Å²) in [6, 6.07) is 1.98. The lowest BCUT2D eigenvalue weighted by Crippen LogP contribution is -2.13. The number of nitrogens with zero attached hydrogens (tertiary/aromatic N) is 1. The molecular weight excluding hydrogens is 217 g/mol. The van der Waals surface area contributed by atoms with Gasteiger partial charge < -0.3 is 13.8 Å². The summed E-state index contributed by atoms with van der Waals surface area (Å²) in [5.74, 6) is 0. The van der Waals surface area contributed by atoms with Gasteiger partial charge in [-0.05, 0) is 20.8 Å². The van der Waals surface area contributed by atoms with E-state index in [9.17, 15) is 4.57 Å². The normalized spacial score (nSPS) is 37.5. The van der Waals surface area contributed by atoms with Crippen molar-refractivity contribution in [3.8, 4) is 6.07 Å². The molecule has 0 bridgehead atoms. The molecule has 5 nitrogen and oxygen atoms in total. The fourth-order valence-corrected chi connectivity index (χ4v) is 3.13. The summed E-state index contributed by atoms with van der Waals surface area (Å²) in [4.78, 5) is 0. The summed E-state index contributed by atoms with van der Waals surface area (Å²) in [6.07, 6.45) is -0.411. The Morgan fingerprint density at radius 3 is 2.47 bits per heavy atom. The quantitative estimate of drug-likeness (QED) is 0.697. The van der Waals surface area contributed by atoms with Gasteiger partial charge in [0.15, 0.2) is 0 Å². The van der Waals surface area contributed by atoms with Crippen molar-refractivity contribution in [2.24, 2.45) is 0 Å². The van der Waals surface area contributed by atoms with Gasteiger partial charge in [-0.15, -0.1) is 0 Å². The highest BCUT2D eigenvalue weighted by atomic mass is 31.2. The second-order valence-electron chi connectivity index (χ2n) is 3.70. The lowest BCUT2D eigenvalue weighted by Gasteiger charge is -2.13. The van der Waals surface area contributed by atoms with Gasteiger partial charge in [0.2, 0.25) is 0 Å². The molecule has 0 aliphatic carbocycles. The van der Waals surface area contributed by atoms with Crippen LogP contribution in [0.25, 0.3) is 0 Å². The lowest BCUT2D eigenvalue weighted by atomic mass is 10.3. The van der Waals surface area contributed by atoms with Gasteiger partial charge in [0.25, 0.3) is 0 Å². The Labute approximate surface area is 89.8 Å². The first-order valence-corrected chi connectivity index (χ1v) is 6.64. The van der Waals surface area contributed by atoms with Crippen molar-refractivity contribution in [3.05, 3.63) is 0 Å². The minimum absolute atomic E-state index is 0.0788. The summed E-state index contributed by atoms with van der Waals surface area (Å²) in [5.41, 5.74) is 0. The Kier molecular flexibility index (Phi) is 4.30. The van der Waals surface area contributed by atoms with Gasteiger partial charge in [-0.2, -0.15) is 5.26 Å². The maximum absolute atomic E-state index is 11.9. The summed E-state index contributed by atoms with van der Waals surface area (Å²) in [5, 5.41) is 8.42. The van der Waals surface area contributed by atoms with Crippen molar-refractivity contribution in [2.75, 3.05) is 6.35 Å². The third-order valence-corrected chi connectivity index (χ3v) is 3.98. The van der Waals surface area contributed by atoms with Crippen LogP contribution in [0.15, 0.2) is 0 Å². The molecule has 0 aromatic carbocycles. The van der Waals surface area contributed by atoms with Crippen LogP contribution in [0.2, 0.25) is 0 Å². The fraction of sp³-hybridized carbons (Fsp3) is 0.889. The predicted molar refractivity (Wildman–Crippen MR) is 54.3 cm³/mol. The molecular formula is C9H16NO4P. The number of nitriles is 1. The number of hydrogen-bond donors (Lipinski definition) is 0. The van der Waals surface area contributed by atoms with Gasteiger partial charge >= 0.3 is 7.60 Å². The van der Waals surface area contributed by atoms with E-state index in [0.717, 1.165) is 0 Å². The Hall–Kier alpha value is -0.400. The number of ether oxygens (including phenoxy) is 1. The maximum Gasteiger partial charge on any atom is 0.356 e. The predicted octanol–water partition coefficient (Wildman–Crippen LogP) is 2.28. The maximum atomic E-state index is 11.9. The molecule has 86 valence electrons. The Bertz CT molecular complexity index is 287. The Balaban J connectivity index is 2.39. The van der Waals surface area contributed by atoms with E-state index >= 15 is 0 Å². The highest BCUT2D eigenvalue weighted by molar-refractivity contribution is 7.53. The van der Waals surface area contributed by atoms with Crippen LogP contribution < -0.4 is 0 Å². The van der Waals surface area contributed by atoms with Crippen molar-refractivity contribution >= 4 is 7.60 Å². The van der Waals surface area contributed by atoms with Crippen LogP contribution in [-0.4, -0.2) is 24.7 Å². The second kappa shape index (κ2) is 5.09. The molecule has 1 aliphatic heterocycles. The third kappa shape index (κ3) is 3.58. The summed E-state index contributed by atoms with van der Waals surface area (Å²) < 4.78 is 27.6. The summed E-state index contributed by atoms with van der Waals surface area (Å²) >= 11 is 0. The topological polar surface area (TPSA) is 68.5 Å². The van der Waals surface area contributed by atoms with Crippen LogP contribution in [0.4, 0.5) is 0 Å². The largest absolute Gasteiger partial charge is 0.365 e. The molecule has 1 aliphatic rings. The molecule has 0 amide bonds. The number of hydrogen-bond acceptors (Lipinski definition) is 5. The van der Waals surface area contributed by atoms with Gasteiger partial charge in [-0.1, -0.05) is 0 Å². The van der Waals surface area contributed by atoms with E-state index < -0.39 is 7.60 Å². The molecule has 3 atom stereocenters. The first-order valence-electron chi connectivity index (χ1n) is 4.91. The van der Waals surface area contributed by atoms with E-state index in [1.54, 1.807) is 6.92 Å². The van der Waals surface area contributed by atoms with E-state index in [1.165, 1.54) is 0 Å². The van der Waals surface area contributed by atoms with E-state index in [2.05, 4.69) is 0 Å². The van der Waals surface area contributed by atoms with E-state index in [4.69, 9.17) is 19.0 Å². The van der Waals surface area contributed by atoms with Gasteiger partial charge in [0.1, 0.15) is 6.35 Å². The smallest absolute Gasteiger partial charge is 0.356 e. The molecule has 15 heavy (non-hydrogen) atoms. The lowest BCUT2D eigenvalue weighted by molar-refractivity contribution is 0.0898. The van der Waals surface area contributed by atoms with Crippen LogP contribution >= 0.6 is 7.60 Å². The third-order valence-electron chi connectivity index (χ3n) is 2.21. The monoisotopic (exact) mass is 233 g/mol. The first-order chi connectivity index (χ1) is 6.97. The SMILES string of the molecule is CC(CC#N)OCP1(=O)OC(C)C(C)O1. The molecule has 1 fully saturated rings. The highest BCUT2D eigenvalue weighted by Crippen LogP contribution is 2.56. The molecule has 6 heteroatoms. The van der Waals surface area contributed by atoms with Crippen molar-refractivity contribution in [2.45, 2.75) is 45.5 Å². The molecule has 1 rings (SSSR count). The van der Waals surface area contributed by atoms with Crippen LogP contribution in [0.5, 0.6) is 0 Å². The zero-order chi connectivity index (χ0) is 11.5. The van der Waals surface area contributed by atoms with Crippen molar-refractivity contribution in [1.82, 2.24) is 0 Å². The van der Waals surface area contributed by atoms with Crippen molar-refractivity contribution in [1.29, 1.82) is 5.26 Å². The van der Waals surface area contributed by atoms with E-state index in [1.807, 2.05) is 19.9 Å². The zero-order valence-electron chi connectivity index (χ0n) is 9.17. The molecule has 0 N–H and O–H groups in total. The highest BCUT2D eigenvalue weighted by Gasteiger charge is 2.40. The summed E-state index contributed by atoms with van der Waals surface area (Å²) in [6.45, 7) is 5.37. The van der Waals surface area contributed by atoms with E-state index in [0.29, 0.717) is 0 Å². The van der Waals surface area contributed by atoms with Crippen molar-refractivity contribution in [3.63, 3.8) is 0 Å². The van der Waals surface area contributed by atoms with E-state index in [-0.39, 0.29) is 31.1 Å². The van der Waals surface area contributed by atoms with Gasteiger partial charge in [0.05, 0.1) is 30.8 Å². The molecule has 0 spiro atoms. The van der Waals surface area contributed by atoms with Crippen LogP contribution in [0, 0.1) is 11.3 Å². The minimum Gasteiger partial charge on any atom is -0.365 e. The zero-order valence-corrected chi connectivity index (χ0v) is 10.1. The van der Waals surface area contributed by atoms with Gasteiger partial charge in [-0.3, -0.25) is 4.57 Å². The first kappa shape index (κ1) is 12.7. The fourth-order valence-electron chi connectivity index (χ4n) is 1.17. The molecule has 0 saturated carbocycles. The molecule has 1 heterocycles. The number of rotatable bonds is 4. The average molecular weight is 233 g/mol. The van der Waals surface area contributed by atoms with Crippen LogP contribution in [0.1, 0.15) is 27.2 Å². The second-order valence-corrected chi connectivity index (χ2v) is 5.60. The Morgan fingerprint density at radius 1 is 1.47 bits per heavy atom. The molecule has 1 saturated heterocycles.